The third kappa shape index (κ3) is 8.38. The zero-order valence-corrected chi connectivity index (χ0v) is 17.4. The maximum absolute atomic E-state index is 12.4. The highest BCUT2D eigenvalue weighted by Crippen LogP contribution is 2.19. The van der Waals surface area contributed by atoms with Crippen LogP contribution in [0, 0.1) is 5.92 Å². The highest BCUT2D eigenvalue weighted by Gasteiger charge is 2.30. The molecule has 0 fully saturated rings. The number of amides is 1. The van der Waals surface area contributed by atoms with Crippen molar-refractivity contribution in [1.82, 2.24) is 5.32 Å². The molecule has 1 amide bonds. The molecule has 2 N–H and O–H groups in total. The van der Waals surface area contributed by atoms with Gasteiger partial charge in [-0.3, -0.25) is 4.79 Å². The van der Waals surface area contributed by atoms with Gasteiger partial charge in [-0.05, 0) is 57.6 Å². The average molecular weight is 398 g/mol. The van der Waals surface area contributed by atoms with Gasteiger partial charge in [-0.25, -0.2) is 4.79 Å². The van der Waals surface area contributed by atoms with Crippen LogP contribution in [0.15, 0.2) is 60.7 Å². The Morgan fingerprint density at radius 2 is 1.52 bits per heavy atom. The summed E-state index contributed by atoms with van der Waals surface area (Å²) in [6.07, 6.45) is 1.84. The minimum atomic E-state index is -0.907. The number of alkyl carbamates (subject to hydrolysis) is 1. The summed E-state index contributed by atoms with van der Waals surface area (Å²) < 4.78 is 5.37. The summed E-state index contributed by atoms with van der Waals surface area (Å²) in [4.78, 5) is 24.4. The Bertz CT molecular complexity index is 768. The Labute approximate surface area is 173 Å². The quantitative estimate of drug-likeness (QED) is 0.634. The van der Waals surface area contributed by atoms with Crippen molar-refractivity contribution in [3.63, 3.8) is 0 Å². The molecule has 0 spiro atoms. The number of carbonyl (C=O) groups excluding carboxylic acids is 1. The van der Waals surface area contributed by atoms with Gasteiger partial charge in [0.1, 0.15) is 5.60 Å². The minimum Gasteiger partial charge on any atom is -0.481 e. The van der Waals surface area contributed by atoms with Crippen LogP contribution in [-0.4, -0.2) is 28.8 Å². The summed E-state index contributed by atoms with van der Waals surface area (Å²) in [5.74, 6) is -1.61. The number of rotatable bonds is 9. The monoisotopic (exact) mass is 397 g/mol. The lowest BCUT2D eigenvalue weighted by molar-refractivity contribution is -0.143. The smallest absolute Gasteiger partial charge is 0.407 e. The molecule has 0 heterocycles. The number of carboxylic acid groups (broad SMARTS) is 1. The molecular formula is C24H31NO4. The molecule has 2 aromatic carbocycles. The van der Waals surface area contributed by atoms with Crippen LogP contribution in [-0.2, 0) is 22.4 Å². The molecule has 0 aliphatic heterocycles. The van der Waals surface area contributed by atoms with Crippen molar-refractivity contribution in [1.29, 1.82) is 0 Å². The molecule has 0 aliphatic carbocycles. The summed E-state index contributed by atoms with van der Waals surface area (Å²) in [6.45, 7) is 5.36. The number of carboxylic acids is 1. The summed E-state index contributed by atoms with van der Waals surface area (Å²) in [6, 6.07) is 19.0. The number of nitrogens with one attached hydrogen (secondary N) is 1. The number of ether oxygens (including phenoxy) is 1. The summed E-state index contributed by atoms with van der Waals surface area (Å²) in [7, 11) is 0. The lowest BCUT2D eigenvalue weighted by Gasteiger charge is -2.27. The molecule has 2 atom stereocenters. The number of hydrogen-bond donors (Lipinski definition) is 2. The minimum absolute atomic E-state index is 0.433. The van der Waals surface area contributed by atoms with Crippen molar-refractivity contribution in [2.24, 2.45) is 5.92 Å². The molecule has 29 heavy (non-hydrogen) atoms. The van der Waals surface area contributed by atoms with Gasteiger partial charge in [-0.2, -0.15) is 0 Å². The molecule has 0 unspecified atom stereocenters. The van der Waals surface area contributed by atoms with Crippen molar-refractivity contribution < 1.29 is 19.4 Å². The van der Waals surface area contributed by atoms with Gasteiger partial charge in [0.2, 0.25) is 0 Å². The maximum atomic E-state index is 12.4. The maximum Gasteiger partial charge on any atom is 0.407 e. The number of carbonyl (C=O) groups is 2. The average Bonchev–Trinajstić information content (AvgIpc) is 2.64. The van der Waals surface area contributed by atoms with Crippen LogP contribution in [0.3, 0.4) is 0 Å². The van der Waals surface area contributed by atoms with E-state index in [1.807, 2.05) is 60.7 Å². The van der Waals surface area contributed by atoms with E-state index in [-0.39, 0.29) is 0 Å². The second-order valence-electron chi connectivity index (χ2n) is 8.27. The zero-order chi connectivity index (χ0) is 21.3. The summed E-state index contributed by atoms with van der Waals surface area (Å²) in [5, 5.41) is 12.7. The SMILES string of the molecule is CC(C)(C)OC(=O)N[C@H](Cc1ccccc1)[C@H](CCCc1ccccc1)C(=O)O. The van der Waals surface area contributed by atoms with Crippen LogP contribution in [0.25, 0.3) is 0 Å². The third-order valence-electron chi connectivity index (χ3n) is 4.63. The van der Waals surface area contributed by atoms with E-state index in [1.165, 1.54) is 5.56 Å². The molecule has 0 aliphatic rings. The van der Waals surface area contributed by atoms with Gasteiger partial charge in [0, 0.05) is 6.04 Å². The van der Waals surface area contributed by atoms with Crippen molar-refractivity contribution in [2.75, 3.05) is 0 Å². The van der Waals surface area contributed by atoms with Gasteiger partial charge in [-0.15, -0.1) is 0 Å². The molecule has 0 radical (unpaired) electrons. The summed E-state index contributed by atoms with van der Waals surface area (Å²) in [5.41, 5.74) is 1.51. The largest absolute Gasteiger partial charge is 0.481 e. The molecular weight excluding hydrogens is 366 g/mol. The van der Waals surface area contributed by atoms with Crippen LogP contribution in [0.4, 0.5) is 4.79 Å². The highest BCUT2D eigenvalue weighted by atomic mass is 16.6. The van der Waals surface area contributed by atoms with Gasteiger partial charge in [-0.1, -0.05) is 60.7 Å². The van der Waals surface area contributed by atoms with E-state index in [9.17, 15) is 14.7 Å². The number of benzene rings is 2. The molecule has 156 valence electrons. The molecule has 2 aromatic rings. The second-order valence-corrected chi connectivity index (χ2v) is 8.27. The molecule has 0 saturated carbocycles. The van der Waals surface area contributed by atoms with Crippen molar-refractivity contribution in [3.05, 3.63) is 71.8 Å². The van der Waals surface area contributed by atoms with Gasteiger partial charge in [0.05, 0.1) is 5.92 Å². The predicted octanol–water partition coefficient (Wildman–Crippen LogP) is 4.85. The van der Waals surface area contributed by atoms with E-state index < -0.39 is 29.6 Å². The van der Waals surface area contributed by atoms with Crippen LogP contribution >= 0.6 is 0 Å². The zero-order valence-electron chi connectivity index (χ0n) is 17.4. The number of hydrogen-bond acceptors (Lipinski definition) is 3. The predicted molar refractivity (Wildman–Crippen MR) is 114 cm³/mol. The fourth-order valence-electron chi connectivity index (χ4n) is 3.29. The van der Waals surface area contributed by atoms with E-state index in [2.05, 4.69) is 5.32 Å². The molecule has 0 bridgehead atoms. The molecule has 5 nitrogen and oxygen atoms in total. The van der Waals surface area contributed by atoms with E-state index in [4.69, 9.17) is 4.74 Å². The molecule has 0 saturated heterocycles. The van der Waals surface area contributed by atoms with Crippen molar-refractivity contribution in [2.45, 2.75) is 58.1 Å². The first-order valence-corrected chi connectivity index (χ1v) is 10.0. The molecule has 0 aromatic heterocycles. The Morgan fingerprint density at radius 1 is 0.966 bits per heavy atom. The second kappa shape index (κ2) is 10.6. The first kappa shape index (κ1) is 22.5. The van der Waals surface area contributed by atoms with Gasteiger partial charge in [0.25, 0.3) is 0 Å². The van der Waals surface area contributed by atoms with Crippen molar-refractivity contribution in [3.8, 4) is 0 Å². The number of aliphatic carboxylic acids is 1. The summed E-state index contributed by atoms with van der Waals surface area (Å²) >= 11 is 0. The van der Waals surface area contributed by atoms with Gasteiger partial charge < -0.3 is 15.2 Å². The van der Waals surface area contributed by atoms with E-state index in [0.717, 1.165) is 18.4 Å². The van der Waals surface area contributed by atoms with Crippen LogP contribution in [0.2, 0.25) is 0 Å². The lowest BCUT2D eigenvalue weighted by atomic mass is 9.88. The fourth-order valence-corrected chi connectivity index (χ4v) is 3.29. The fraction of sp³-hybridized carbons (Fsp3) is 0.417. The Kier molecular flexibility index (Phi) is 8.25. The van der Waals surface area contributed by atoms with Crippen molar-refractivity contribution >= 4 is 12.1 Å². The standard InChI is InChI=1S/C24H31NO4/c1-24(2,3)29-23(28)25-21(17-19-13-8-5-9-14-19)20(22(26)27)16-10-15-18-11-6-4-7-12-18/h4-9,11-14,20-21H,10,15-17H2,1-3H3,(H,25,28)(H,26,27)/t20-,21+/m0/s1. The van der Waals surface area contributed by atoms with Crippen LogP contribution in [0.5, 0.6) is 0 Å². The highest BCUT2D eigenvalue weighted by molar-refractivity contribution is 5.73. The Morgan fingerprint density at radius 3 is 2.03 bits per heavy atom. The Balaban J connectivity index is 2.10. The van der Waals surface area contributed by atoms with Gasteiger partial charge in [0.15, 0.2) is 0 Å². The first-order chi connectivity index (χ1) is 13.7. The van der Waals surface area contributed by atoms with Gasteiger partial charge >= 0.3 is 12.1 Å². The topological polar surface area (TPSA) is 75.6 Å². The lowest BCUT2D eigenvalue weighted by Crippen LogP contribution is -2.46. The molecule has 5 heteroatoms. The van der Waals surface area contributed by atoms with Crippen LogP contribution in [0.1, 0.15) is 44.7 Å². The first-order valence-electron chi connectivity index (χ1n) is 10.0. The number of aryl methyl sites for hydroxylation is 1. The Hall–Kier alpha value is -2.82. The third-order valence-corrected chi connectivity index (χ3v) is 4.63. The van der Waals surface area contributed by atoms with E-state index in [1.54, 1.807) is 20.8 Å². The molecule has 2 rings (SSSR count). The van der Waals surface area contributed by atoms with Crippen LogP contribution < -0.4 is 5.32 Å². The van der Waals surface area contributed by atoms with E-state index >= 15 is 0 Å². The normalized spacial score (nSPS) is 13.3. The van der Waals surface area contributed by atoms with E-state index in [0.29, 0.717) is 12.8 Å².